The van der Waals surface area contributed by atoms with Crippen LogP contribution < -0.4 is 4.90 Å². The number of hydrogen-bond donors (Lipinski definition) is 0. The Balaban J connectivity index is 2.07. The number of carbonyl (C=O) groups excluding carboxylic acids is 1. The normalized spacial score (nSPS) is 19.7. The molecule has 1 fully saturated rings. The molecule has 1 atom stereocenters. The third-order valence-electron chi connectivity index (χ3n) is 3.23. The minimum Gasteiger partial charge on any atom is -0.466 e. The summed E-state index contributed by atoms with van der Waals surface area (Å²) < 4.78 is 5.10. The van der Waals surface area contributed by atoms with Crippen LogP contribution in [0.4, 0.5) is 5.69 Å². The van der Waals surface area contributed by atoms with Crippen LogP contribution in [0.3, 0.4) is 0 Å². The Morgan fingerprint density at radius 2 is 2.28 bits per heavy atom. The van der Waals surface area contributed by atoms with Crippen molar-refractivity contribution in [3.63, 3.8) is 0 Å². The number of piperidine rings is 1. The molecular weight excluding hydrogens is 250 g/mol. The molecule has 0 amide bonds. The third-order valence-corrected chi connectivity index (χ3v) is 3.55. The summed E-state index contributed by atoms with van der Waals surface area (Å²) in [6.07, 6.45) is 1.90. The summed E-state index contributed by atoms with van der Waals surface area (Å²) in [6.45, 7) is 3.93. The van der Waals surface area contributed by atoms with Crippen molar-refractivity contribution in [3.05, 3.63) is 29.3 Å². The highest BCUT2D eigenvalue weighted by atomic mass is 35.5. The van der Waals surface area contributed by atoms with Crippen LogP contribution in [0.25, 0.3) is 0 Å². The SMILES string of the molecule is CCOC(=O)C1CCCN(c2ccccc2Cl)C1. The van der Waals surface area contributed by atoms with Gasteiger partial charge < -0.3 is 9.64 Å². The molecule has 2 rings (SSSR count). The second kappa shape index (κ2) is 6.10. The average Bonchev–Trinajstić information content (AvgIpc) is 2.40. The Hall–Kier alpha value is -1.22. The van der Waals surface area contributed by atoms with Crippen LogP contribution in [-0.4, -0.2) is 25.7 Å². The van der Waals surface area contributed by atoms with E-state index in [2.05, 4.69) is 4.90 Å². The van der Waals surface area contributed by atoms with Crippen LogP contribution in [-0.2, 0) is 9.53 Å². The Kier molecular flexibility index (Phi) is 4.48. The van der Waals surface area contributed by atoms with Gasteiger partial charge in [-0.25, -0.2) is 0 Å². The molecule has 0 bridgehead atoms. The summed E-state index contributed by atoms with van der Waals surface area (Å²) in [5.41, 5.74) is 1.01. The average molecular weight is 268 g/mol. The molecule has 98 valence electrons. The van der Waals surface area contributed by atoms with Gasteiger partial charge in [0.15, 0.2) is 0 Å². The molecule has 0 spiro atoms. The number of hydrogen-bond acceptors (Lipinski definition) is 3. The maximum atomic E-state index is 11.8. The first-order chi connectivity index (χ1) is 8.72. The summed E-state index contributed by atoms with van der Waals surface area (Å²) in [5.74, 6) is -0.121. The second-order valence-corrected chi connectivity index (χ2v) is 4.90. The molecule has 0 saturated carbocycles. The van der Waals surface area contributed by atoms with Crippen molar-refractivity contribution >= 4 is 23.3 Å². The number of carbonyl (C=O) groups is 1. The zero-order chi connectivity index (χ0) is 13.0. The van der Waals surface area contributed by atoms with Gasteiger partial charge in [-0.2, -0.15) is 0 Å². The van der Waals surface area contributed by atoms with E-state index in [0.29, 0.717) is 13.2 Å². The first kappa shape index (κ1) is 13.2. The molecule has 1 aromatic rings. The van der Waals surface area contributed by atoms with Gasteiger partial charge in [0.2, 0.25) is 0 Å². The van der Waals surface area contributed by atoms with E-state index < -0.39 is 0 Å². The monoisotopic (exact) mass is 267 g/mol. The molecular formula is C14H18ClNO2. The maximum Gasteiger partial charge on any atom is 0.310 e. The summed E-state index contributed by atoms with van der Waals surface area (Å²) >= 11 is 6.19. The number of halogens is 1. The maximum absolute atomic E-state index is 11.8. The van der Waals surface area contributed by atoms with Gasteiger partial charge in [0.1, 0.15) is 0 Å². The van der Waals surface area contributed by atoms with Crippen LogP contribution in [0.15, 0.2) is 24.3 Å². The van der Waals surface area contributed by atoms with Crippen molar-refractivity contribution in [3.8, 4) is 0 Å². The molecule has 1 aromatic carbocycles. The van der Waals surface area contributed by atoms with E-state index in [1.54, 1.807) is 0 Å². The number of para-hydroxylation sites is 1. The molecule has 1 heterocycles. The fourth-order valence-corrected chi connectivity index (χ4v) is 2.61. The van der Waals surface area contributed by atoms with Crippen molar-refractivity contribution in [2.45, 2.75) is 19.8 Å². The molecule has 1 aliphatic heterocycles. The fourth-order valence-electron chi connectivity index (χ4n) is 2.36. The number of rotatable bonds is 3. The van der Waals surface area contributed by atoms with Crippen LogP contribution in [0, 0.1) is 5.92 Å². The minimum atomic E-state index is -0.0887. The first-order valence-corrected chi connectivity index (χ1v) is 6.76. The van der Waals surface area contributed by atoms with E-state index in [1.807, 2.05) is 31.2 Å². The van der Waals surface area contributed by atoms with Gasteiger partial charge in [0.05, 0.1) is 23.2 Å². The zero-order valence-electron chi connectivity index (χ0n) is 10.6. The highest BCUT2D eigenvalue weighted by molar-refractivity contribution is 6.33. The highest BCUT2D eigenvalue weighted by Gasteiger charge is 2.27. The minimum absolute atomic E-state index is 0.0324. The second-order valence-electron chi connectivity index (χ2n) is 4.49. The van der Waals surface area contributed by atoms with Gasteiger partial charge in [-0.3, -0.25) is 4.79 Å². The summed E-state index contributed by atoms with van der Waals surface area (Å²) in [5, 5.41) is 0.738. The highest BCUT2D eigenvalue weighted by Crippen LogP contribution is 2.29. The zero-order valence-corrected chi connectivity index (χ0v) is 11.3. The number of esters is 1. The predicted molar refractivity (Wildman–Crippen MR) is 73.0 cm³/mol. The molecule has 4 heteroatoms. The molecule has 0 aromatic heterocycles. The molecule has 0 radical (unpaired) electrons. The van der Waals surface area contributed by atoms with Crippen LogP contribution in [0.5, 0.6) is 0 Å². The fraction of sp³-hybridized carbons (Fsp3) is 0.500. The van der Waals surface area contributed by atoms with Crippen molar-refractivity contribution in [2.24, 2.45) is 5.92 Å². The molecule has 1 unspecified atom stereocenters. The number of ether oxygens (including phenoxy) is 1. The molecule has 1 saturated heterocycles. The van der Waals surface area contributed by atoms with Crippen molar-refractivity contribution < 1.29 is 9.53 Å². The van der Waals surface area contributed by atoms with E-state index in [9.17, 15) is 4.79 Å². The third kappa shape index (κ3) is 2.96. The molecule has 3 nitrogen and oxygen atoms in total. The number of anilines is 1. The van der Waals surface area contributed by atoms with Gasteiger partial charge in [-0.1, -0.05) is 23.7 Å². The Labute approximate surface area is 113 Å². The Morgan fingerprint density at radius 3 is 3.00 bits per heavy atom. The first-order valence-electron chi connectivity index (χ1n) is 6.38. The van der Waals surface area contributed by atoms with Crippen LogP contribution >= 0.6 is 11.6 Å². The van der Waals surface area contributed by atoms with Crippen molar-refractivity contribution in [2.75, 3.05) is 24.6 Å². The lowest BCUT2D eigenvalue weighted by Gasteiger charge is -2.33. The smallest absolute Gasteiger partial charge is 0.310 e. The standard InChI is InChI=1S/C14H18ClNO2/c1-2-18-14(17)11-6-5-9-16(10-11)13-8-4-3-7-12(13)15/h3-4,7-8,11H,2,5-6,9-10H2,1H3. The van der Waals surface area contributed by atoms with E-state index in [-0.39, 0.29) is 11.9 Å². The van der Waals surface area contributed by atoms with E-state index in [4.69, 9.17) is 16.3 Å². The Morgan fingerprint density at radius 1 is 1.50 bits per heavy atom. The summed E-state index contributed by atoms with van der Waals surface area (Å²) in [4.78, 5) is 14.0. The number of nitrogens with zero attached hydrogens (tertiary/aromatic N) is 1. The van der Waals surface area contributed by atoms with Gasteiger partial charge in [0, 0.05) is 13.1 Å². The predicted octanol–water partition coefficient (Wildman–Crippen LogP) is 3.12. The van der Waals surface area contributed by atoms with Gasteiger partial charge >= 0.3 is 5.97 Å². The Bertz CT molecular complexity index is 422. The lowest BCUT2D eigenvalue weighted by Crippen LogP contribution is -2.39. The van der Waals surface area contributed by atoms with E-state index in [0.717, 1.165) is 30.1 Å². The lowest BCUT2D eigenvalue weighted by atomic mass is 9.97. The van der Waals surface area contributed by atoms with Crippen LogP contribution in [0.2, 0.25) is 5.02 Å². The van der Waals surface area contributed by atoms with Gasteiger partial charge in [-0.15, -0.1) is 0 Å². The van der Waals surface area contributed by atoms with Gasteiger partial charge in [-0.05, 0) is 31.9 Å². The molecule has 1 aliphatic rings. The van der Waals surface area contributed by atoms with Crippen molar-refractivity contribution in [1.29, 1.82) is 0 Å². The lowest BCUT2D eigenvalue weighted by molar-refractivity contribution is -0.148. The topological polar surface area (TPSA) is 29.5 Å². The summed E-state index contributed by atoms with van der Waals surface area (Å²) in [6, 6.07) is 7.76. The quantitative estimate of drug-likeness (QED) is 0.788. The largest absolute Gasteiger partial charge is 0.466 e. The van der Waals surface area contributed by atoms with E-state index >= 15 is 0 Å². The van der Waals surface area contributed by atoms with Gasteiger partial charge in [0.25, 0.3) is 0 Å². The van der Waals surface area contributed by atoms with Crippen LogP contribution in [0.1, 0.15) is 19.8 Å². The molecule has 0 N–H and O–H groups in total. The summed E-state index contributed by atoms with van der Waals surface area (Å²) in [7, 11) is 0. The molecule has 0 aliphatic carbocycles. The van der Waals surface area contributed by atoms with Crippen molar-refractivity contribution in [1.82, 2.24) is 0 Å². The number of benzene rings is 1. The van der Waals surface area contributed by atoms with E-state index in [1.165, 1.54) is 0 Å². The molecule has 18 heavy (non-hydrogen) atoms.